The minimum absolute atomic E-state index is 0.114. The number of nitrogens with one attached hydrogen (secondary N) is 2. The average Bonchev–Trinajstić information content (AvgIpc) is 2.88. The molecule has 1 aliphatic carbocycles. The number of carbonyl (C=O) groups is 1. The normalized spacial score (nSPS) is 16.6. The first-order valence-corrected chi connectivity index (χ1v) is 13.3. The van der Waals surface area contributed by atoms with E-state index in [1.807, 2.05) is 26.8 Å². The van der Waals surface area contributed by atoms with Gasteiger partial charge in [-0.2, -0.15) is 13.2 Å². The lowest BCUT2D eigenvalue weighted by Gasteiger charge is -2.36. The van der Waals surface area contributed by atoms with Crippen LogP contribution in [0, 0.1) is 10.1 Å². The number of ether oxygens (including phenoxy) is 1. The number of alkyl halides is 3. The standard InChI is InChI=1S/C14H21N3O3.C13H15F3N2O2/c1-14(2,3)20-13(19)17-9-7-16(8-10-17)11-5-4-6-12(18)15-11;14-13(15,16)11-8-10(6-7-12(11)18(19)20)17-9-4-2-1-3-5-9/h4-6H,7-10H2,1-3H3,(H,15,18);6-9,17H,1-5H2. The highest BCUT2D eigenvalue weighted by Gasteiger charge is 2.38. The topological polar surface area (TPSA) is 121 Å². The van der Waals surface area contributed by atoms with E-state index in [-0.39, 0.29) is 23.4 Å². The summed E-state index contributed by atoms with van der Waals surface area (Å²) in [5.41, 5.74) is -2.42. The van der Waals surface area contributed by atoms with E-state index < -0.39 is 28.0 Å². The van der Waals surface area contributed by atoms with Crippen LogP contribution in [0.25, 0.3) is 0 Å². The Morgan fingerprint density at radius 1 is 1.05 bits per heavy atom. The summed E-state index contributed by atoms with van der Waals surface area (Å²) in [6, 6.07) is 8.30. The number of amides is 1. The molecule has 10 nitrogen and oxygen atoms in total. The molecule has 0 atom stereocenters. The van der Waals surface area contributed by atoms with Crippen molar-refractivity contribution >= 4 is 23.3 Å². The Morgan fingerprint density at radius 2 is 1.70 bits per heavy atom. The first kappa shape index (κ1) is 30.8. The van der Waals surface area contributed by atoms with Crippen molar-refractivity contribution in [2.45, 2.75) is 70.7 Å². The van der Waals surface area contributed by atoms with Gasteiger partial charge in [-0.25, -0.2) is 4.79 Å². The number of rotatable bonds is 4. The van der Waals surface area contributed by atoms with E-state index in [9.17, 15) is 32.9 Å². The lowest BCUT2D eigenvalue weighted by molar-refractivity contribution is -0.388. The molecule has 0 unspecified atom stereocenters. The second-order valence-corrected chi connectivity index (χ2v) is 10.8. The number of aromatic amines is 1. The molecule has 1 saturated heterocycles. The summed E-state index contributed by atoms with van der Waals surface area (Å²) in [7, 11) is 0. The number of benzene rings is 1. The summed E-state index contributed by atoms with van der Waals surface area (Å²) in [5.74, 6) is 0.793. The fourth-order valence-corrected chi connectivity index (χ4v) is 4.57. The lowest BCUT2D eigenvalue weighted by Crippen LogP contribution is -2.50. The van der Waals surface area contributed by atoms with Crippen LogP contribution in [0.4, 0.5) is 35.2 Å². The van der Waals surface area contributed by atoms with Crippen molar-refractivity contribution in [2.75, 3.05) is 36.4 Å². The number of pyridine rings is 1. The third-order valence-corrected chi connectivity index (χ3v) is 6.50. The summed E-state index contributed by atoms with van der Waals surface area (Å²) in [6.45, 7) is 8.11. The number of H-pyrrole nitrogens is 1. The second-order valence-electron chi connectivity index (χ2n) is 10.8. The van der Waals surface area contributed by atoms with E-state index in [2.05, 4.69) is 15.2 Å². The van der Waals surface area contributed by atoms with Crippen molar-refractivity contribution < 1.29 is 27.6 Å². The molecule has 13 heteroatoms. The Bertz CT molecular complexity index is 1210. The molecule has 1 aromatic heterocycles. The Balaban J connectivity index is 0.000000220. The van der Waals surface area contributed by atoms with Crippen molar-refractivity contribution in [3.63, 3.8) is 0 Å². The zero-order valence-electron chi connectivity index (χ0n) is 22.9. The van der Waals surface area contributed by atoms with Crippen LogP contribution in [-0.2, 0) is 10.9 Å². The van der Waals surface area contributed by atoms with Gasteiger partial charge in [-0.15, -0.1) is 0 Å². The zero-order chi connectivity index (χ0) is 29.5. The zero-order valence-corrected chi connectivity index (χ0v) is 22.9. The van der Waals surface area contributed by atoms with Gasteiger partial charge in [0, 0.05) is 50.0 Å². The van der Waals surface area contributed by atoms with Gasteiger partial charge in [-0.05, 0) is 51.8 Å². The van der Waals surface area contributed by atoms with Crippen molar-refractivity contribution in [2.24, 2.45) is 0 Å². The van der Waals surface area contributed by atoms with Crippen molar-refractivity contribution in [1.82, 2.24) is 9.88 Å². The quantitative estimate of drug-likeness (QED) is 0.354. The molecule has 2 N–H and O–H groups in total. The molecule has 2 fully saturated rings. The Morgan fingerprint density at radius 3 is 2.25 bits per heavy atom. The number of hydrogen-bond donors (Lipinski definition) is 2. The average molecular weight is 568 g/mol. The molecular weight excluding hydrogens is 531 g/mol. The van der Waals surface area contributed by atoms with Crippen LogP contribution >= 0.6 is 0 Å². The molecule has 4 rings (SSSR count). The summed E-state index contributed by atoms with van der Waals surface area (Å²) >= 11 is 0. The SMILES string of the molecule is CC(C)(C)OC(=O)N1CCN(c2cccc(=O)[nH]2)CC1.O=[N+]([O-])c1ccc(NC2CCCCC2)cc1C(F)(F)F. The van der Waals surface area contributed by atoms with Crippen LogP contribution in [0.2, 0.25) is 0 Å². The number of aromatic nitrogens is 1. The van der Waals surface area contributed by atoms with Gasteiger partial charge >= 0.3 is 12.3 Å². The van der Waals surface area contributed by atoms with Gasteiger partial charge in [0.25, 0.3) is 5.69 Å². The number of nitrogens with zero attached hydrogens (tertiary/aromatic N) is 3. The molecule has 1 aliphatic heterocycles. The largest absolute Gasteiger partial charge is 0.444 e. The van der Waals surface area contributed by atoms with Crippen LogP contribution in [0.15, 0.2) is 41.2 Å². The molecule has 1 amide bonds. The van der Waals surface area contributed by atoms with Crippen LogP contribution < -0.4 is 15.8 Å². The maximum atomic E-state index is 12.8. The highest BCUT2D eigenvalue weighted by molar-refractivity contribution is 5.68. The summed E-state index contributed by atoms with van der Waals surface area (Å²) < 4.78 is 43.9. The monoisotopic (exact) mass is 567 g/mol. The van der Waals surface area contributed by atoms with Crippen molar-refractivity contribution in [3.05, 3.63) is 62.4 Å². The number of nitro groups is 1. The summed E-state index contributed by atoms with van der Waals surface area (Å²) in [6.07, 6.45) is 0.0714. The van der Waals surface area contributed by atoms with Crippen molar-refractivity contribution in [3.8, 4) is 0 Å². The van der Waals surface area contributed by atoms with E-state index in [1.54, 1.807) is 11.0 Å². The number of hydrogen-bond acceptors (Lipinski definition) is 7. The minimum Gasteiger partial charge on any atom is -0.444 e. The second kappa shape index (κ2) is 13.1. The van der Waals surface area contributed by atoms with Crippen LogP contribution in [0.5, 0.6) is 0 Å². The molecule has 1 saturated carbocycles. The Hall–Kier alpha value is -3.77. The number of nitro benzene ring substituents is 1. The van der Waals surface area contributed by atoms with Gasteiger partial charge in [0.1, 0.15) is 17.0 Å². The van der Waals surface area contributed by atoms with Gasteiger partial charge in [0.2, 0.25) is 5.56 Å². The van der Waals surface area contributed by atoms with Gasteiger partial charge in [0.15, 0.2) is 0 Å². The highest BCUT2D eigenvalue weighted by Crippen LogP contribution is 2.38. The highest BCUT2D eigenvalue weighted by atomic mass is 19.4. The molecule has 2 aliphatic rings. The predicted molar refractivity (Wildman–Crippen MR) is 146 cm³/mol. The number of carbonyl (C=O) groups excluding carboxylic acids is 1. The molecule has 0 radical (unpaired) electrons. The third-order valence-electron chi connectivity index (χ3n) is 6.50. The number of anilines is 2. The predicted octanol–water partition coefficient (Wildman–Crippen LogP) is 5.79. The third kappa shape index (κ3) is 9.16. The maximum Gasteiger partial charge on any atom is 0.423 e. The van der Waals surface area contributed by atoms with Gasteiger partial charge in [-0.3, -0.25) is 14.9 Å². The summed E-state index contributed by atoms with van der Waals surface area (Å²) in [5, 5.41) is 13.7. The molecule has 1 aromatic carbocycles. The molecule has 40 heavy (non-hydrogen) atoms. The van der Waals surface area contributed by atoms with Crippen LogP contribution in [0.3, 0.4) is 0 Å². The van der Waals surface area contributed by atoms with E-state index in [4.69, 9.17) is 4.74 Å². The molecule has 220 valence electrons. The van der Waals surface area contributed by atoms with Crippen LogP contribution in [0.1, 0.15) is 58.4 Å². The van der Waals surface area contributed by atoms with Crippen LogP contribution in [-0.4, -0.2) is 58.7 Å². The van der Waals surface area contributed by atoms with Gasteiger partial charge in [-0.1, -0.05) is 25.3 Å². The number of piperazine rings is 1. The fraction of sp³-hybridized carbons (Fsp3) is 0.556. The van der Waals surface area contributed by atoms with Crippen molar-refractivity contribution in [1.29, 1.82) is 0 Å². The lowest BCUT2D eigenvalue weighted by atomic mass is 9.95. The Kier molecular flexibility index (Phi) is 10.0. The van der Waals surface area contributed by atoms with E-state index >= 15 is 0 Å². The first-order chi connectivity index (χ1) is 18.7. The number of halogens is 3. The molecule has 2 aromatic rings. The van der Waals surface area contributed by atoms with E-state index in [0.717, 1.165) is 50.1 Å². The molecular formula is C27H36F3N5O5. The minimum atomic E-state index is -4.73. The smallest absolute Gasteiger partial charge is 0.423 e. The molecule has 2 heterocycles. The van der Waals surface area contributed by atoms with E-state index in [1.165, 1.54) is 12.1 Å². The van der Waals surface area contributed by atoms with Gasteiger partial charge < -0.3 is 24.8 Å². The fourth-order valence-electron chi connectivity index (χ4n) is 4.57. The Labute approximate surface area is 230 Å². The maximum absolute atomic E-state index is 12.8. The molecule has 0 bridgehead atoms. The van der Waals surface area contributed by atoms with E-state index in [0.29, 0.717) is 26.2 Å². The molecule has 0 spiro atoms. The summed E-state index contributed by atoms with van der Waals surface area (Å²) in [4.78, 5) is 39.4. The first-order valence-electron chi connectivity index (χ1n) is 13.3. The van der Waals surface area contributed by atoms with Gasteiger partial charge in [0.05, 0.1) is 4.92 Å².